The number of hydrogen-bond acceptors (Lipinski definition) is 10. The number of nitrogens with two attached hydrogens (primary N) is 1. The Morgan fingerprint density at radius 2 is 2.09 bits per heavy atom. The summed E-state index contributed by atoms with van der Waals surface area (Å²) < 4.78 is 33.1. The molecule has 2 fully saturated rings. The molecule has 2 amide bonds. The monoisotopic (exact) mass is 467 g/mol. The third-order valence-electron chi connectivity index (χ3n) is 5.70. The highest BCUT2D eigenvalue weighted by molar-refractivity contribution is 6.00. The number of carbonyl (C=O) groups excluding carboxylic acids is 2. The van der Waals surface area contributed by atoms with Crippen molar-refractivity contribution in [1.82, 2.24) is 25.7 Å². The third kappa shape index (κ3) is 4.15. The summed E-state index contributed by atoms with van der Waals surface area (Å²) in [4.78, 5) is 29.3. The molecule has 5 N–H and O–H groups in total. The molecule has 0 aliphatic heterocycles. The number of nitrogens with zero attached hydrogens (tertiary/aromatic N) is 4. The van der Waals surface area contributed by atoms with Gasteiger partial charge < -0.3 is 30.9 Å². The smallest absolute Gasteiger partial charge is 0.273 e. The van der Waals surface area contributed by atoms with E-state index in [9.17, 15) is 9.59 Å². The van der Waals surface area contributed by atoms with Crippen molar-refractivity contribution < 1.29 is 23.0 Å². The lowest BCUT2D eigenvalue weighted by Gasteiger charge is -2.15. The molecule has 2 heterocycles. The third-order valence-corrected chi connectivity index (χ3v) is 5.70. The summed E-state index contributed by atoms with van der Waals surface area (Å²) in [5, 5.41) is 19.3. The number of ether oxygens (including phenoxy) is 1. The molecule has 0 spiro atoms. The van der Waals surface area contributed by atoms with Gasteiger partial charge in [0.1, 0.15) is 0 Å². The molecule has 34 heavy (non-hydrogen) atoms. The lowest BCUT2D eigenvalue weighted by Crippen LogP contribution is -2.22. The van der Waals surface area contributed by atoms with Gasteiger partial charge in [-0.05, 0) is 37.8 Å². The van der Waals surface area contributed by atoms with E-state index in [0.29, 0.717) is 22.8 Å². The highest BCUT2D eigenvalue weighted by atomic mass is 16.5. The summed E-state index contributed by atoms with van der Waals surface area (Å²) >= 11 is 0. The molecule has 5 rings (SSSR count). The molecule has 12 heteroatoms. The molecular weight excluding hydrogens is 440 g/mol. The van der Waals surface area contributed by atoms with Crippen molar-refractivity contribution >= 4 is 29.0 Å². The van der Waals surface area contributed by atoms with Crippen molar-refractivity contribution in [2.45, 2.75) is 31.2 Å². The van der Waals surface area contributed by atoms with Crippen molar-refractivity contribution in [3.05, 3.63) is 35.8 Å². The number of anilines is 3. The fraction of sp³-hybridized carbons (Fsp3) is 0.364. The predicted molar refractivity (Wildman–Crippen MR) is 121 cm³/mol. The predicted octanol–water partition coefficient (Wildman–Crippen LogP) is 1.93. The average Bonchev–Trinajstić information content (AvgIpc) is 3.76. The average molecular weight is 468 g/mol. The van der Waals surface area contributed by atoms with Crippen molar-refractivity contribution in [2.75, 3.05) is 24.7 Å². The van der Waals surface area contributed by atoms with Gasteiger partial charge in [0.15, 0.2) is 23.1 Å². The lowest BCUT2D eigenvalue weighted by atomic mass is 10.1. The number of methoxy groups -OCH3 is 1. The molecule has 0 radical (unpaired) electrons. The maximum absolute atomic E-state index is 12.7. The zero-order valence-electron chi connectivity index (χ0n) is 21.2. The summed E-state index contributed by atoms with van der Waals surface area (Å²) in [5.74, 6) is -0.277. The SMILES string of the molecule is [2H]C([2H])([2H])NC(=O)c1nnc(NC(=O)C2CC2)cc1Nc1cccc(-c2nc(C3(N)CC3)no2)c1OC. The Morgan fingerprint density at radius 3 is 2.79 bits per heavy atom. The number of para-hydroxylation sites is 1. The highest BCUT2D eigenvalue weighted by Gasteiger charge is 2.44. The highest BCUT2D eigenvalue weighted by Crippen LogP contribution is 2.43. The Balaban J connectivity index is 1.50. The molecule has 2 aliphatic rings. The van der Waals surface area contributed by atoms with Crippen LogP contribution in [-0.2, 0) is 10.3 Å². The van der Waals surface area contributed by atoms with E-state index in [1.807, 2.05) is 5.32 Å². The van der Waals surface area contributed by atoms with Crippen LogP contribution in [0.25, 0.3) is 11.5 Å². The minimum Gasteiger partial charge on any atom is -0.494 e. The van der Waals surface area contributed by atoms with Crippen LogP contribution >= 0.6 is 0 Å². The van der Waals surface area contributed by atoms with E-state index in [1.54, 1.807) is 18.2 Å². The second-order valence-corrected chi connectivity index (χ2v) is 8.30. The summed E-state index contributed by atoms with van der Waals surface area (Å²) in [7, 11) is 1.45. The van der Waals surface area contributed by atoms with E-state index in [0.717, 1.165) is 25.7 Å². The first-order valence-electron chi connectivity index (χ1n) is 12.1. The van der Waals surface area contributed by atoms with Crippen molar-refractivity contribution in [3.63, 3.8) is 0 Å². The van der Waals surface area contributed by atoms with Gasteiger partial charge in [0.25, 0.3) is 11.8 Å². The maximum atomic E-state index is 12.7. The molecule has 0 saturated heterocycles. The number of rotatable bonds is 8. The molecule has 1 aromatic carbocycles. The minimum absolute atomic E-state index is 0.0865. The van der Waals surface area contributed by atoms with Crippen LogP contribution < -0.4 is 26.4 Å². The summed E-state index contributed by atoms with van der Waals surface area (Å²) in [6.45, 7) is -2.75. The molecular formula is C22H24N8O4. The molecule has 2 saturated carbocycles. The normalized spacial score (nSPS) is 17.6. The second-order valence-electron chi connectivity index (χ2n) is 8.30. The number of hydrogen-bond donors (Lipinski definition) is 4. The van der Waals surface area contributed by atoms with E-state index in [1.165, 1.54) is 13.2 Å². The Hall–Kier alpha value is -4.06. The number of aromatic nitrogens is 4. The number of nitrogens with one attached hydrogen (secondary N) is 3. The largest absolute Gasteiger partial charge is 0.494 e. The summed E-state index contributed by atoms with van der Waals surface area (Å²) in [6.07, 6.45) is 3.10. The van der Waals surface area contributed by atoms with Gasteiger partial charge in [-0.15, -0.1) is 10.2 Å². The van der Waals surface area contributed by atoms with Crippen LogP contribution in [0, 0.1) is 5.92 Å². The number of benzene rings is 1. The summed E-state index contributed by atoms with van der Waals surface area (Å²) in [5.41, 5.74) is 6.22. The van der Waals surface area contributed by atoms with Crippen LogP contribution in [-0.4, -0.2) is 46.2 Å². The molecule has 176 valence electrons. The number of amides is 2. The fourth-order valence-electron chi connectivity index (χ4n) is 3.41. The van der Waals surface area contributed by atoms with E-state index in [4.69, 9.17) is 19.1 Å². The first-order chi connectivity index (χ1) is 17.6. The van der Waals surface area contributed by atoms with Crippen LogP contribution in [0.5, 0.6) is 5.75 Å². The molecule has 3 aromatic rings. The van der Waals surface area contributed by atoms with E-state index < -0.39 is 18.4 Å². The van der Waals surface area contributed by atoms with E-state index in [2.05, 4.69) is 31.0 Å². The molecule has 2 aromatic heterocycles. The molecule has 12 nitrogen and oxygen atoms in total. The van der Waals surface area contributed by atoms with Gasteiger partial charge >= 0.3 is 0 Å². The van der Waals surface area contributed by atoms with Gasteiger partial charge in [0.05, 0.1) is 29.6 Å². The van der Waals surface area contributed by atoms with Gasteiger partial charge in [-0.2, -0.15) is 4.98 Å². The quantitative estimate of drug-likeness (QED) is 0.384. The van der Waals surface area contributed by atoms with Crippen molar-refractivity contribution in [1.29, 1.82) is 0 Å². The standard InChI is InChI=1S/C22H24N8O4/c1-24-19(32)16-14(10-15(28-29-16)26-18(31)11-6-7-11)25-13-5-3-4-12(17(13)33-2)20-27-21(30-34-20)22(23)8-9-22/h3-5,10-11H,6-9,23H2,1-2H3,(H,24,32)(H2,25,26,28,31)/i1D3. The Bertz CT molecular complexity index is 1370. The van der Waals surface area contributed by atoms with Gasteiger partial charge in [-0.1, -0.05) is 11.2 Å². The Kier molecular flexibility index (Phi) is 4.53. The molecule has 0 unspecified atom stereocenters. The van der Waals surface area contributed by atoms with Gasteiger partial charge in [0.2, 0.25) is 5.91 Å². The van der Waals surface area contributed by atoms with Crippen LogP contribution in [0.15, 0.2) is 28.8 Å². The van der Waals surface area contributed by atoms with Crippen LogP contribution in [0.4, 0.5) is 17.2 Å². The van der Waals surface area contributed by atoms with E-state index in [-0.39, 0.29) is 34.9 Å². The van der Waals surface area contributed by atoms with Crippen molar-refractivity contribution in [2.24, 2.45) is 11.7 Å². The van der Waals surface area contributed by atoms with Crippen molar-refractivity contribution in [3.8, 4) is 17.2 Å². The van der Waals surface area contributed by atoms with Crippen LogP contribution in [0.1, 0.15) is 46.1 Å². The molecule has 0 bridgehead atoms. The van der Waals surface area contributed by atoms with Crippen LogP contribution in [0.2, 0.25) is 0 Å². The van der Waals surface area contributed by atoms with Gasteiger partial charge in [-0.3, -0.25) is 9.59 Å². The first-order valence-corrected chi connectivity index (χ1v) is 10.6. The summed E-state index contributed by atoms with van der Waals surface area (Å²) in [6, 6.07) is 6.47. The molecule has 2 aliphatic carbocycles. The first kappa shape index (κ1) is 18.4. The van der Waals surface area contributed by atoms with Crippen LogP contribution in [0.3, 0.4) is 0 Å². The van der Waals surface area contributed by atoms with Gasteiger partial charge in [0, 0.05) is 23.1 Å². The Labute approximate surface area is 198 Å². The fourth-order valence-corrected chi connectivity index (χ4v) is 3.41. The topological polar surface area (TPSA) is 170 Å². The van der Waals surface area contributed by atoms with Gasteiger partial charge in [-0.25, -0.2) is 0 Å². The van der Waals surface area contributed by atoms with E-state index >= 15 is 0 Å². The second kappa shape index (κ2) is 8.37. The number of carbonyl (C=O) groups is 2. The zero-order valence-corrected chi connectivity index (χ0v) is 18.2. The Morgan fingerprint density at radius 1 is 1.26 bits per heavy atom. The minimum atomic E-state index is -2.75. The maximum Gasteiger partial charge on any atom is 0.273 e. The zero-order chi connectivity index (χ0) is 26.4. The molecule has 0 atom stereocenters. The lowest BCUT2D eigenvalue weighted by molar-refractivity contribution is -0.117.